The number of hydrazone groups is 1. The molecule has 0 bridgehead atoms. The molecule has 30 heavy (non-hydrogen) atoms. The summed E-state index contributed by atoms with van der Waals surface area (Å²) in [5, 5.41) is 4.87. The van der Waals surface area contributed by atoms with Gasteiger partial charge in [0.15, 0.2) is 5.78 Å². The van der Waals surface area contributed by atoms with Crippen molar-refractivity contribution in [2.75, 3.05) is 0 Å². The van der Waals surface area contributed by atoms with Crippen LogP contribution in [0.25, 0.3) is 0 Å². The third kappa shape index (κ3) is 4.26. The van der Waals surface area contributed by atoms with Crippen LogP contribution >= 0.6 is 11.6 Å². The van der Waals surface area contributed by atoms with Crippen LogP contribution in [0.3, 0.4) is 0 Å². The lowest BCUT2D eigenvalue weighted by molar-refractivity contribution is 0.0952. The number of aryl methyl sites for hydroxylation is 1. The number of fused-ring (bicyclic) bond motifs is 1. The van der Waals surface area contributed by atoms with E-state index in [1.54, 1.807) is 24.3 Å². The highest BCUT2D eigenvalue weighted by Gasteiger charge is 2.25. The van der Waals surface area contributed by atoms with Crippen LogP contribution in [0.2, 0.25) is 5.02 Å². The number of benzene rings is 3. The molecule has 1 aliphatic rings. The number of nitrogens with zero attached hydrogens (tertiary/aromatic N) is 1. The molecule has 3 aromatic rings. The summed E-state index contributed by atoms with van der Waals surface area (Å²) in [6, 6.07) is 19.9. The van der Waals surface area contributed by atoms with Crippen molar-refractivity contribution in [1.82, 2.24) is 5.43 Å². The average molecular weight is 419 g/mol. The average Bonchev–Trinajstić information content (AvgIpc) is 3.09. The molecule has 1 aliphatic carbocycles. The summed E-state index contributed by atoms with van der Waals surface area (Å²) in [5.41, 5.74) is 6.90. The first kappa shape index (κ1) is 19.9. The fourth-order valence-corrected chi connectivity index (χ4v) is 3.35. The number of hydrogen-bond donors (Lipinski definition) is 1. The zero-order valence-electron chi connectivity index (χ0n) is 16.3. The van der Waals surface area contributed by atoms with Gasteiger partial charge in [-0.05, 0) is 48.4 Å². The van der Waals surface area contributed by atoms with Crippen molar-refractivity contribution < 1.29 is 14.3 Å². The molecule has 0 aliphatic heterocycles. The van der Waals surface area contributed by atoms with Gasteiger partial charge in [0, 0.05) is 21.7 Å². The van der Waals surface area contributed by atoms with Crippen LogP contribution in [0.1, 0.15) is 43.8 Å². The molecule has 0 fully saturated rings. The molecule has 5 nitrogen and oxygen atoms in total. The lowest BCUT2D eigenvalue weighted by Crippen LogP contribution is -2.19. The van der Waals surface area contributed by atoms with E-state index in [0.717, 1.165) is 22.4 Å². The Balaban J connectivity index is 1.37. The molecular weight excluding hydrogens is 400 g/mol. The van der Waals surface area contributed by atoms with Gasteiger partial charge in [-0.15, -0.1) is 0 Å². The van der Waals surface area contributed by atoms with E-state index < -0.39 is 0 Å². The largest absolute Gasteiger partial charge is 0.489 e. The number of ether oxygens (including phenoxy) is 1. The molecule has 0 atom stereocenters. The maximum atomic E-state index is 12.4. The normalized spacial score (nSPS) is 13.9. The summed E-state index contributed by atoms with van der Waals surface area (Å²) in [6.07, 6.45) is 0.195. The Bertz CT molecular complexity index is 1150. The monoisotopic (exact) mass is 418 g/mol. The van der Waals surface area contributed by atoms with Gasteiger partial charge in [0.1, 0.15) is 12.4 Å². The molecule has 3 aromatic carbocycles. The second kappa shape index (κ2) is 8.51. The van der Waals surface area contributed by atoms with E-state index in [9.17, 15) is 9.59 Å². The molecule has 0 radical (unpaired) electrons. The first-order valence-electron chi connectivity index (χ1n) is 9.48. The van der Waals surface area contributed by atoms with Crippen LogP contribution in [0.4, 0.5) is 0 Å². The molecule has 0 unspecified atom stereocenters. The quantitative estimate of drug-likeness (QED) is 0.596. The van der Waals surface area contributed by atoms with E-state index in [1.165, 1.54) is 0 Å². The van der Waals surface area contributed by atoms with Gasteiger partial charge < -0.3 is 4.74 Å². The van der Waals surface area contributed by atoms with Crippen molar-refractivity contribution in [3.05, 3.63) is 99.6 Å². The van der Waals surface area contributed by atoms with E-state index in [4.69, 9.17) is 16.3 Å². The van der Waals surface area contributed by atoms with Gasteiger partial charge in [-0.2, -0.15) is 5.10 Å². The maximum Gasteiger partial charge on any atom is 0.271 e. The van der Waals surface area contributed by atoms with Gasteiger partial charge in [-0.3, -0.25) is 9.59 Å². The van der Waals surface area contributed by atoms with Crippen LogP contribution in [0, 0.1) is 6.92 Å². The fraction of sp³-hybridized carbons (Fsp3) is 0.125. The molecule has 6 heteroatoms. The molecule has 0 heterocycles. The number of carbonyl (C=O) groups is 2. The van der Waals surface area contributed by atoms with Crippen LogP contribution in [0.15, 0.2) is 71.8 Å². The molecular formula is C24H19ClN2O3. The Labute approximate surface area is 179 Å². The van der Waals surface area contributed by atoms with E-state index in [0.29, 0.717) is 28.5 Å². The summed E-state index contributed by atoms with van der Waals surface area (Å²) < 4.78 is 5.77. The van der Waals surface area contributed by atoms with Gasteiger partial charge in [0.25, 0.3) is 5.91 Å². The minimum atomic E-state index is -0.333. The van der Waals surface area contributed by atoms with E-state index >= 15 is 0 Å². The fourth-order valence-electron chi connectivity index (χ4n) is 3.23. The topological polar surface area (TPSA) is 67.8 Å². The minimum absolute atomic E-state index is 0.0128. The summed E-state index contributed by atoms with van der Waals surface area (Å²) >= 11 is 6.02. The van der Waals surface area contributed by atoms with Gasteiger partial charge in [0.05, 0.1) is 12.1 Å². The Morgan fingerprint density at radius 1 is 1.07 bits per heavy atom. The number of hydrogen-bond acceptors (Lipinski definition) is 4. The number of ketones is 1. The highest BCUT2D eigenvalue weighted by Crippen LogP contribution is 2.23. The third-order valence-electron chi connectivity index (χ3n) is 4.91. The number of rotatable bonds is 5. The van der Waals surface area contributed by atoms with Gasteiger partial charge >= 0.3 is 0 Å². The number of Topliss-reactive ketones (excluding diaryl/α,β-unsaturated/α-hetero) is 1. The van der Waals surface area contributed by atoms with Crippen molar-refractivity contribution in [3.63, 3.8) is 0 Å². The lowest BCUT2D eigenvalue weighted by Gasteiger charge is -2.08. The number of halogens is 1. The molecule has 1 N–H and O–H groups in total. The zero-order valence-corrected chi connectivity index (χ0v) is 17.1. The molecule has 0 saturated carbocycles. The van der Waals surface area contributed by atoms with E-state index in [2.05, 4.69) is 10.5 Å². The molecule has 150 valence electrons. The standard InChI is InChI=1S/C24H19ClN2O3/c1-15-12-18(10-11-21(15)25)30-14-16-6-8-17(9-7-16)24(29)27-26-22-13-23(28)20-5-3-2-4-19(20)22/h2-12H,13-14H2,1H3,(H,27,29). The number of carbonyl (C=O) groups excluding carboxylic acids is 2. The van der Waals surface area contributed by atoms with E-state index in [-0.39, 0.29) is 18.1 Å². The van der Waals surface area contributed by atoms with Gasteiger partial charge in [-0.1, -0.05) is 48.0 Å². The number of nitrogens with one attached hydrogen (secondary N) is 1. The van der Waals surface area contributed by atoms with Crippen molar-refractivity contribution >= 4 is 29.0 Å². The Kier molecular flexibility index (Phi) is 5.63. The van der Waals surface area contributed by atoms with Crippen LogP contribution in [-0.2, 0) is 6.61 Å². The third-order valence-corrected chi connectivity index (χ3v) is 5.33. The lowest BCUT2D eigenvalue weighted by atomic mass is 10.1. The molecule has 0 spiro atoms. The van der Waals surface area contributed by atoms with Gasteiger partial charge in [0.2, 0.25) is 0 Å². The molecule has 0 aromatic heterocycles. The Hall–Kier alpha value is -3.44. The Morgan fingerprint density at radius 2 is 1.80 bits per heavy atom. The SMILES string of the molecule is Cc1cc(OCc2ccc(C(=O)NN=C3CC(=O)c4ccccc43)cc2)ccc1Cl. The van der Waals surface area contributed by atoms with Gasteiger partial charge in [-0.25, -0.2) is 5.43 Å². The van der Waals surface area contributed by atoms with Crippen molar-refractivity contribution in [2.24, 2.45) is 5.10 Å². The van der Waals surface area contributed by atoms with Crippen LogP contribution < -0.4 is 10.2 Å². The summed E-state index contributed by atoms with van der Waals surface area (Å²) in [6.45, 7) is 2.30. The number of amides is 1. The minimum Gasteiger partial charge on any atom is -0.489 e. The van der Waals surface area contributed by atoms with Crippen LogP contribution in [0.5, 0.6) is 5.75 Å². The maximum absolute atomic E-state index is 12.4. The first-order chi connectivity index (χ1) is 14.5. The molecule has 0 saturated heterocycles. The van der Waals surface area contributed by atoms with E-state index in [1.807, 2.05) is 49.4 Å². The smallest absolute Gasteiger partial charge is 0.271 e. The molecule has 1 amide bonds. The summed E-state index contributed by atoms with van der Waals surface area (Å²) in [4.78, 5) is 24.4. The zero-order chi connectivity index (χ0) is 21.1. The van der Waals surface area contributed by atoms with Crippen molar-refractivity contribution in [3.8, 4) is 5.75 Å². The predicted molar refractivity (Wildman–Crippen MR) is 116 cm³/mol. The van der Waals surface area contributed by atoms with Crippen LogP contribution in [-0.4, -0.2) is 17.4 Å². The highest BCUT2D eigenvalue weighted by molar-refractivity contribution is 6.31. The second-order valence-electron chi connectivity index (χ2n) is 7.04. The van der Waals surface area contributed by atoms with Crippen molar-refractivity contribution in [2.45, 2.75) is 20.0 Å². The second-order valence-corrected chi connectivity index (χ2v) is 7.45. The highest BCUT2D eigenvalue weighted by atomic mass is 35.5. The van der Waals surface area contributed by atoms with Crippen molar-refractivity contribution in [1.29, 1.82) is 0 Å². The Morgan fingerprint density at radius 3 is 2.53 bits per heavy atom. The predicted octanol–water partition coefficient (Wildman–Crippen LogP) is 4.95. The summed E-state index contributed by atoms with van der Waals surface area (Å²) in [7, 11) is 0. The first-order valence-corrected chi connectivity index (χ1v) is 9.86. The molecule has 4 rings (SSSR count). The summed E-state index contributed by atoms with van der Waals surface area (Å²) in [5.74, 6) is 0.417.